The van der Waals surface area contributed by atoms with Crippen molar-refractivity contribution in [2.75, 3.05) is 36.8 Å². The van der Waals surface area contributed by atoms with Crippen molar-refractivity contribution in [1.29, 1.82) is 0 Å². The number of carbonyl (C=O) groups excluding carboxylic acids is 1. The minimum Gasteiger partial charge on any atom is -0.381 e. The van der Waals surface area contributed by atoms with E-state index in [1.165, 1.54) is 63.5 Å². The maximum Gasteiger partial charge on any atom is 0.254 e. The molecule has 1 aliphatic heterocycles. The average Bonchev–Trinajstić information content (AvgIpc) is 3.23. The molecule has 27 heavy (non-hydrogen) atoms. The first-order valence-corrected chi connectivity index (χ1v) is 11.0. The number of anilines is 2. The number of amides is 1. The highest BCUT2D eigenvalue weighted by Gasteiger charge is 2.22. The van der Waals surface area contributed by atoms with E-state index in [1.807, 2.05) is 11.0 Å². The molecule has 4 rings (SSSR count). The molecule has 1 saturated heterocycles. The Balaban J connectivity index is 1.52. The maximum atomic E-state index is 12.9. The van der Waals surface area contributed by atoms with Gasteiger partial charge in [-0.25, -0.2) is 0 Å². The summed E-state index contributed by atoms with van der Waals surface area (Å²) in [6.45, 7) is 3.37. The summed E-state index contributed by atoms with van der Waals surface area (Å²) in [6, 6.07) is 7.34. The lowest BCUT2D eigenvalue weighted by molar-refractivity contribution is 0.0736. The Morgan fingerprint density at radius 2 is 1.44 bits per heavy atom. The summed E-state index contributed by atoms with van der Waals surface area (Å²) in [5, 5.41) is 10.8. The zero-order chi connectivity index (χ0) is 18.5. The van der Waals surface area contributed by atoms with Crippen LogP contribution in [-0.2, 0) is 0 Å². The van der Waals surface area contributed by atoms with Gasteiger partial charge in [0.05, 0.1) is 11.4 Å². The van der Waals surface area contributed by atoms with Gasteiger partial charge in [-0.2, -0.15) is 0 Å². The molecule has 2 saturated carbocycles. The van der Waals surface area contributed by atoms with Gasteiger partial charge in [0.2, 0.25) is 0 Å². The predicted octanol–water partition coefficient (Wildman–Crippen LogP) is 3.83. The predicted molar refractivity (Wildman–Crippen MR) is 112 cm³/mol. The van der Waals surface area contributed by atoms with Gasteiger partial charge in [0.15, 0.2) is 0 Å². The zero-order valence-electron chi connectivity index (χ0n) is 16.4. The van der Waals surface area contributed by atoms with Crippen LogP contribution in [0.4, 0.5) is 11.4 Å². The molecule has 5 nitrogen and oxygen atoms in total. The van der Waals surface area contributed by atoms with E-state index in [1.54, 1.807) is 0 Å². The van der Waals surface area contributed by atoms with Crippen LogP contribution in [0, 0.1) is 0 Å². The lowest BCUT2D eigenvalue weighted by Crippen LogP contribution is -2.46. The first kappa shape index (κ1) is 18.6. The van der Waals surface area contributed by atoms with Crippen molar-refractivity contribution in [2.24, 2.45) is 0 Å². The Morgan fingerprint density at radius 3 is 2.11 bits per heavy atom. The summed E-state index contributed by atoms with van der Waals surface area (Å²) in [6.07, 6.45) is 11.6. The highest BCUT2D eigenvalue weighted by atomic mass is 16.2. The van der Waals surface area contributed by atoms with E-state index in [9.17, 15) is 4.79 Å². The fraction of sp³-hybridized carbons (Fsp3) is 0.682. The van der Waals surface area contributed by atoms with Gasteiger partial charge in [0.25, 0.3) is 5.91 Å². The average molecular weight is 371 g/mol. The third-order valence-electron chi connectivity index (χ3n) is 6.35. The topological polar surface area (TPSA) is 56.4 Å². The van der Waals surface area contributed by atoms with Crippen molar-refractivity contribution in [1.82, 2.24) is 10.2 Å². The Hall–Kier alpha value is -1.75. The second kappa shape index (κ2) is 8.96. The fourth-order valence-electron chi connectivity index (χ4n) is 4.73. The van der Waals surface area contributed by atoms with Crippen molar-refractivity contribution < 1.29 is 4.79 Å². The van der Waals surface area contributed by atoms with E-state index < -0.39 is 0 Å². The summed E-state index contributed by atoms with van der Waals surface area (Å²) < 4.78 is 0. The Labute approximate surface area is 163 Å². The van der Waals surface area contributed by atoms with Gasteiger partial charge < -0.3 is 20.9 Å². The Morgan fingerprint density at radius 1 is 0.852 bits per heavy atom. The van der Waals surface area contributed by atoms with Gasteiger partial charge in [-0.15, -0.1) is 0 Å². The minimum absolute atomic E-state index is 0.162. The van der Waals surface area contributed by atoms with Crippen LogP contribution < -0.4 is 16.0 Å². The molecule has 0 unspecified atom stereocenters. The van der Waals surface area contributed by atoms with E-state index in [4.69, 9.17) is 0 Å². The molecule has 3 N–H and O–H groups in total. The number of hydrogen-bond acceptors (Lipinski definition) is 4. The molecule has 0 spiro atoms. The lowest BCUT2D eigenvalue weighted by Gasteiger charge is -2.29. The van der Waals surface area contributed by atoms with Crippen LogP contribution in [-0.4, -0.2) is 49.1 Å². The highest BCUT2D eigenvalue weighted by Crippen LogP contribution is 2.31. The molecule has 1 aromatic carbocycles. The number of rotatable bonds is 5. The summed E-state index contributed by atoms with van der Waals surface area (Å²) in [7, 11) is 0. The van der Waals surface area contributed by atoms with Gasteiger partial charge in [-0.3, -0.25) is 4.79 Å². The third kappa shape index (κ3) is 4.75. The smallest absolute Gasteiger partial charge is 0.254 e. The molecule has 2 aliphatic carbocycles. The van der Waals surface area contributed by atoms with E-state index in [2.05, 4.69) is 28.1 Å². The van der Waals surface area contributed by atoms with Gasteiger partial charge in [0, 0.05) is 43.8 Å². The molecule has 3 fully saturated rings. The molecule has 0 radical (unpaired) electrons. The van der Waals surface area contributed by atoms with Crippen molar-refractivity contribution in [3.63, 3.8) is 0 Å². The second-order valence-corrected chi connectivity index (χ2v) is 8.41. The van der Waals surface area contributed by atoms with Crippen LogP contribution in [0.25, 0.3) is 0 Å². The molecule has 5 heteroatoms. The summed E-state index contributed by atoms with van der Waals surface area (Å²) in [5.74, 6) is 0.162. The molecular formula is C22H34N4O. The second-order valence-electron chi connectivity index (χ2n) is 8.41. The van der Waals surface area contributed by atoms with Crippen LogP contribution >= 0.6 is 0 Å². The quantitative estimate of drug-likeness (QED) is 0.737. The number of hydrogen-bond donors (Lipinski definition) is 3. The maximum absolute atomic E-state index is 12.9. The SMILES string of the molecule is O=C(c1ccc(NC2CCCCC2)c(NC2CCCC2)c1)N1CCNCC1. The van der Waals surface area contributed by atoms with Crippen LogP contribution in [0.15, 0.2) is 18.2 Å². The number of nitrogens with one attached hydrogen (secondary N) is 3. The highest BCUT2D eigenvalue weighted by molar-refractivity contribution is 5.96. The molecule has 1 heterocycles. The molecule has 1 amide bonds. The number of benzene rings is 1. The first-order chi connectivity index (χ1) is 13.3. The van der Waals surface area contributed by atoms with E-state index in [0.29, 0.717) is 12.1 Å². The molecule has 148 valence electrons. The zero-order valence-corrected chi connectivity index (χ0v) is 16.4. The first-order valence-electron chi connectivity index (χ1n) is 11.0. The van der Waals surface area contributed by atoms with E-state index in [0.717, 1.165) is 37.4 Å². The molecule has 3 aliphatic rings. The fourth-order valence-corrected chi connectivity index (χ4v) is 4.73. The molecule has 0 aromatic heterocycles. The van der Waals surface area contributed by atoms with Crippen molar-refractivity contribution in [3.8, 4) is 0 Å². The molecular weight excluding hydrogens is 336 g/mol. The van der Waals surface area contributed by atoms with Crippen LogP contribution in [0.1, 0.15) is 68.1 Å². The number of nitrogens with zero attached hydrogens (tertiary/aromatic N) is 1. The number of carbonyl (C=O) groups is 1. The van der Waals surface area contributed by atoms with Crippen LogP contribution in [0.3, 0.4) is 0 Å². The van der Waals surface area contributed by atoms with Crippen LogP contribution in [0.2, 0.25) is 0 Å². The lowest BCUT2D eigenvalue weighted by atomic mass is 9.95. The van der Waals surface area contributed by atoms with Gasteiger partial charge in [0.1, 0.15) is 0 Å². The molecule has 0 atom stereocenters. The summed E-state index contributed by atoms with van der Waals surface area (Å²) in [4.78, 5) is 14.9. The van der Waals surface area contributed by atoms with Crippen LogP contribution in [0.5, 0.6) is 0 Å². The normalized spacial score (nSPS) is 22.0. The Bertz CT molecular complexity index is 629. The standard InChI is InChI=1S/C22H34N4O/c27-22(26-14-12-23-13-15-26)17-10-11-20(24-18-6-2-1-3-7-18)21(16-17)25-19-8-4-5-9-19/h10-11,16,18-19,23-25H,1-9,12-15H2. The van der Waals surface area contributed by atoms with E-state index >= 15 is 0 Å². The third-order valence-corrected chi connectivity index (χ3v) is 6.35. The number of piperazine rings is 1. The molecule has 0 bridgehead atoms. The monoisotopic (exact) mass is 370 g/mol. The van der Waals surface area contributed by atoms with Crippen molar-refractivity contribution in [3.05, 3.63) is 23.8 Å². The largest absolute Gasteiger partial charge is 0.381 e. The van der Waals surface area contributed by atoms with Gasteiger partial charge in [-0.1, -0.05) is 32.1 Å². The summed E-state index contributed by atoms with van der Waals surface area (Å²) >= 11 is 0. The Kier molecular flexibility index (Phi) is 6.17. The van der Waals surface area contributed by atoms with Gasteiger partial charge >= 0.3 is 0 Å². The molecule has 1 aromatic rings. The minimum atomic E-state index is 0.162. The summed E-state index contributed by atoms with van der Waals surface area (Å²) in [5.41, 5.74) is 3.10. The van der Waals surface area contributed by atoms with E-state index in [-0.39, 0.29) is 5.91 Å². The van der Waals surface area contributed by atoms with Crippen molar-refractivity contribution >= 4 is 17.3 Å². The van der Waals surface area contributed by atoms with Gasteiger partial charge in [-0.05, 0) is 43.9 Å². The van der Waals surface area contributed by atoms with Crippen molar-refractivity contribution in [2.45, 2.75) is 69.9 Å².